The summed E-state index contributed by atoms with van der Waals surface area (Å²) in [6.45, 7) is 9.04. The van der Waals surface area contributed by atoms with Crippen LogP contribution in [-0.2, 0) is 13.1 Å². The van der Waals surface area contributed by atoms with Gasteiger partial charge in [-0.15, -0.1) is 0 Å². The summed E-state index contributed by atoms with van der Waals surface area (Å²) >= 11 is 3.24. The number of benzene rings is 1. The number of halogens is 2. The Morgan fingerprint density at radius 2 is 1.83 bits per heavy atom. The van der Waals surface area contributed by atoms with Crippen LogP contribution in [0.3, 0.4) is 0 Å². The van der Waals surface area contributed by atoms with Crippen molar-refractivity contribution in [3.8, 4) is 0 Å². The Bertz CT molecular complexity index is 683. The van der Waals surface area contributed by atoms with E-state index >= 15 is 0 Å². The number of rotatable bonds is 5. The molecule has 2 aromatic rings. The van der Waals surface area contributed by atoms with Gasteiger partial charge in [0.25, 0.3) is 0 Å². The zero-order valence-corrected chi connectivity index (χ0v) is 15.6. The van der Waals surface area contributed by atoms with Crippen molar-refractivity contribution < 1.29 is 8.91 Å². The van der Waals surface area contributed by atoms with E-state index in [1.165, 1.54) is 0 Å². The zero-order chi connectivity index (χ0) is 17.1. The van der Waals surface area contributed by atoms with Gasteiger partial charge in [0.1, 0.15) is 5.82 Å². The summed E-state index contributed by atoms with van der Waals surface area (Å²) < 4.78 is 19.9. The highest BCUT2D eigenvalue weighted by Crippen LogP contribution is 2.20. The van der Waals surface area contributed by atoms with Crippen molar-refractivity contribution in [2.45, 2.75) is 32.9 Å². The van der Waals surface area contributed by atoms with E-state index in [0.717, 1.165) is 37.6 Å². The highest BCUT2D eigenvalue weighted by molar-refractivity contribution is 9.10. The standard InChI is InChI=1S/C17H22BrFN4O/c1-12(2)17-20-15(24-21-17)11-23-8-6-22(7-9-23)10-13-4-3-5-14(18)16(13)19/h3-5,12H,6-11H2,1-2H3. The smallest absolute Gasteiger partial charge is 0.240 e. The molecule has 0 aliphatic carbocycles. The fraction of sp³-hybridized carbons (Fsp3) is 0.529. The average molecular weight is 397 g/mol. The molecule has 2 heterocycles. The molecule has 0 N–H and O–H groups in total. The molecule has 0 saturated carbocycles. The fourth-order valence-corrected chi connectivity index (χ4v) is 3.18. The van der Waals surface area contributed by atoms with Crippen LogP contribution in [0.2, 0.25) is 0 Å². The molecule has 130 valence electrons. The Labute approximate surface area is 150 Å². The maximum Gasteiger partial charge on any atom is 0.240 e. The van der Waals surface area contributed by atoms with Crippen LogP contribution in [0, 0.1) is 5.82 Å². The van der Waals surface area contributed by atoms with Crippen LogP contribution in [0.15, 0.2) is 27.2 Å². The molecule has 1 aliphatic heterocycles. The molecular weight excluding hydrogens is 375 g/mol. The summed E-state index contributed by atoms with van der Waals surface area (Å²) in [6, 6.07) is 5.45. The van der Waals surface area contributed by atoms with Crippen molar-refractivity contribution in [3.05, 3.63) is 45.8 Å². The first-order valence-corrected chi connectivity index (χ1v) is 9.02. The van der Waals surface area contributed by atoms with Gasteiger partial charge in [0, 0.05) is 44.2 Å². The third-order valence-corrected chi connectivity index (χ3v) is 4.86. The van der Waals surface area contributed by atoms with Gasteiger partial charge in [0.15, 0.2) is 5.82 Å². The first-order valence-electron chi connectivity index (χ1n) is 8.23. The Balaban J connectivity index is 1.51. The summed E-state index contributed by atoms with van der Waals surface area (Å²) in [6.07, 6.45) is 0. The van der Waals surface area contributed by atoms with Gasteiger partial charge in [0.2, 0.25) is 5.89 Å². The second-order valence-corrected chi connectivity index (χ2v) is 7.32. The van der Waals surface area contributed by atoms with Gasteiger partial charge in [-0.05, 0) is 22.0 Å². The van der Waals surface area contributed by atoms with Crippen molar-refractivity contribution >= 4 is 15.9 Å². The summed E-state index contributed by atoms with van der Waals surface area (Å²) in [5.74, 6) is 1.55. The summed E-state index contributed by atoms with van der Waals surface area (Å²) in [5, 5.41) is 4.00. The van der Waals surface area contributed by atoms with Crippen molar-refractivity contribution in [1.82, 2.24) is 19.9 Å². The van der Waals surface area contributed by atoms with E-state index in [-0.39, 0.29) is 11.7 Å². The molecule has 0 spiro atoms. The van der Waals surface area contributed by atoms with Gasteiger partial charge in [-0.25, -0.2) is 4.39 Å². The van der Waals surface area contributed by atoms with E-state index in [1.807, 2.05) is 12.1 Å². The van der Waals surface area contributed by atoms with Crippen molar-refractivity contribution in [1.29, 1.82) is 0 Å². The number of hydrogen-bond donors (Lipinski definition) is 0. The molecule has 24 heavy (non-hydrogen) atoms. The van der Waals surface area contributed by atoms with E-state index in [2.05, 4.69) is 49.7 Å². The lowest BCUT2D eigenvalue weighted by molar-refractivity contribution is 0.111. The van der Waals surface area contributed by atoms with Crippen LogP contribution in [0.5, 0.6) is 0 Å². The van der Waals surface area contributed by atoms with Gasteiger partial charge < -0.3 is 4.52 Å². The fourth-order valence-electron chi connectivity index (χ4n) is 2.78. The van der Waals surface area contributed by atoms with E-state index in [0.29, 0.717) is 23.5 Å². The first-order chi connectivity index (χ1) is 11.5. The predicted molar refractivity (Wildman–Crippen MR) is 93.0 cm³/mol. The minimum atomic E-state index is -0.160. The molecule has 0 unspecified atom stereocenters. The third kappa shape index (κ3) is 4.20. The molecule has 0 atom stereocenters. The molecule has 0 amide bonds. The summed E-state index contributed by atoms with van der Waals surface area (Å²) in [7, 11) is 0. The van der Waals surface area contributed by atoms with Crippen LogP contribution in [0.25, 0.3) is 0 Å². The highest BCUT2D eigenvalue weighted by Gasteiger charge is 2.20. The second kappa shape index (κ2) is 7.72. The molecular formula is C17H22BrFN4O. The Kier molecular flexibility index (Phi) is 5.63. The maximum atomic E-state index is 14.1. The molecule has 0 bridgehead atoms. The van der Waals surface area contributed by atoms with Crippen LogP contribution in [0.4, 0.5) is 4.39 Å². The lowest BCUT2D eigenvalue weighted by Gasteiger charge is -2.34. The normalized spacial score (nSPS) is 16.9. The maximum absolute atomic E-state index is 14.1. The minimum Gasteiger partial charge on any atom is -0.338 e. The SMILES string of the molecule is CC(C)c1noc(CN2CCN(Cc3cccc(Br)c3F)CC2)n1. The van der Waals surface area contributed by atoms with Crippen LogP contribution in [0.1, 0.15) is 37.0 Å². The van der Waals surface area contributed by atoms with Crippen LogP contribution in [-0.4, -0.2) is 46.1 Å². The van der Waals surface area contributed by atoms with Gasteiger partial charge >= 0.3 is 0 Å². The van der Waals surface area contributed by atoms with Crippen LogP contribution >= 0.6 is 15.9 Å². The largest absolute Gasteiger partial charge is 0.338 e. The molecule has 1 aromatic carbocycles. The van der Waals surface area contributed by atoms with Crippen molar-refractivity contribution in [2.24, 2.45) is 0 Å². The minimum absolute atomic E-state index is 0.160. The van der Waals surface area contributed by atoms with E-state index in [4.69, 9.17) is 4.52 Å². The lowest BCUT2D eigenvalue weighted by Crippen LogP contribution is -2.45. The van der Waals surface area contributed by atoms with Crippen molar-refractivity contribution in [2.75, 3.05) is 26.2 Å². The van der Waals surface area contributed by atoms with Crippen LogP contribution < -0.4 is 0 Å². The Hall–Kier alpha value is -1.31. The van der Waals surface area contributed by atoms with E-state index < -0.39 is 0 Å². The third-order valence-electron chi connectivity index (χ3n) is 4.25. The molecule has 0 radical (unpaired) electrons. The van der Waals surface area contributed by atoms with Gasteiger partial charge in [-0.1, -0.05) is 31.1 Å². The summed E-state index contributed by atoms with van der Waals surface area (Å²) in [4.78, 5) is 8.99. The number of aromatic nitrogens is 2. The second-order valence-electron chi connectivity index (χ2n) is 6.47. The molecule has 1 saturated heterocycles. The highest BCUT2D eigenvalue weighted by atomic mass is 79.9. The van der Waals surface area contributed by atoms with Gasteiger partial charge in [0.05, 0.1) is 11.0 Å². The van der Waals surface area contributed by atoms with E-state index in [9.17, 15) is 4.39 Å². The van der Waals surface area contributed by atoms with Gasteiger partial charge in [-0.3, -0.25) is 9.80 Å². The Morgan fingerprint density at radius 1 is 1.17 bits per heavy atom. The van der Waals surface area contributed by atoms with Crippen molar-refractivity contribution in [3.63, 3.8) is 0 Å². The molecule has 1 fully saturated rings. The molecule has 5 nitrogen and oxygen atoms in total. The molecule has 3 rings (SSSR count). The first kappa shape index (κ1) is 17.5. The topological polar surface area (TPSA) is 45.4 Å². The number of nitrogens with zero attached hydrogens (tertiary/aromatic N) is 4. The molecule has 1 aliphatic rings. The lowest BCUT2D eigenvalue weighted by atomic mass is 10.2. The monoisotopic (exact) mass is 396 g/mol. The Morgan fingerprint density at radius 3 is 2.46 bits per heavy atom. The summed E-state index contributed by atoms with van der Waals surface area (Å²) in [5.41, 5.74) is 0.733. The van der Waals surface area contributed by atoms with E-state index in [1.54, 1.807) is 6.07 Å². The predicted octanol–water partition coefficient (Wildman–Crippen LogP) is 3.41. The quantitative estimate of drug-likeness (QED) is 0.774. The number of piperazine rings is 1. The average Bonchev–Trinajstić information content (AvgIpc) is 3.02. The van der Waals surface area contributed by atoms with Gasteiger partial charge in [-0.2, -0.15) is 4.98 Å². The number of hydrogen-bond acceptors (Lipinski definition) is 5. The molecule has 1 aromatic heterocycles. The molecule has 7 heteroatoms. The zero-order valence-electron chi connectivity index (χ0n) is 14.0.